The van der Waals surface area contributed by atoms with Crippen molar-refractivity contribution in [3.8, 4) is 0 Å². The molecule has 0 fully saturated rings. The number of benzene rings is 1. The van der Waals surface area contributed by atoms with Crippen molar-refractivity contribution in [2.45, 2.75) is 45.8 Å². The third-order valence-corrected chi connectivity index (χ3v) is 4.52. The van der Waals surface area contributed by atoms with E-state index in [9.17, 15) is 19.5 Å². The lowest BCUT2D eigenvalue weighted by Crippen LogP contribution is -2.30. The van der Waals surface area contributed by atoms with Crippen molar-refractivity contribution in [1.29, 1.82) is 5.41 Å². The zero-order valence-electron chi connectivity index (χ0n) is 15.5. The second-order valence-corrected chi connectivity index (χ2v) is 8.53. The Morgan fingerprint density at radius 1 is 1.33 bits per heavy atom. The van der Waals surface area contributed by atoms with Gasteiger partial charge in [0.2, 0.25) is 5.43 Å². The maximum Gasteiger partial charge on any atom is 0.352 e. The van der Waals surface area contributed by atoms with Crippen molar-refractivity contribution < 1.29 is 19.4 Å². The molecular weight excluding hydrogens is 463 g/mol. The van der Waals surface area contributed by atoms with Gasteiger partial charge in [-0.25, -0.2) is 9.59 Å². The molecule has 0 amide bonds. The average Bonchev–Trinajstić information content (AvgIpc) is 2.53. The van der Waals surface area contributed by atoms with Crippen LogP contribution in [0.1, 0.15) is 50.5 Å². The van der Waals surface area contributed by atoms with Gasteiger partial charge in [0.05, 0.1) is 5.52 Å². The van der Waals surface area contributed by atoms with E-state index >= 15 is 0 Å². The van der Waals surface area contributed by atoms with Gasteiger partial charge in [-0.3, -0.25) is 10.2 Å². The minimum atomic E-state index is -1.32. The molecule has 0 saturated carbocycles. The number of aromatic carboxylic acids is 1. The van der Waals surface area contributed by atoms with Crippen LogP contribution in [-0.4, -0.2) is 32.9 Å². The molecule has 0 aliphatic carbocycles. The highest BCUT2D eigenvalue weighted by Crippen LogP contribution is 2.22. The highest BCUT2D eigenvalue weighted by atomic mass is 127. The first-order valence-electron chi connectivity index (χ1n) is 8.29. The molecule has 1 atom stereocenters. The number of nitrogens with zero attached hydrogens (tertiary/aromatic N) is 1. The number of fused-ring (bicyclic) bond motifs is 1. The molecule has 1 aromatic carbocycles. The predicted octanol–water partition coefficient (Wildman–Crippen LogP) is 3.62. The third kappa shape index (κ3) is 4.94. The fourth-order valence-corrected chi connectivity index (χ4v) is 3.15. The SMILES string of the molecule is CC(CC(=N)C(=O)OC(C)(C)C)n1cc(C(=O)O)c(=O)c2cc(I)ccc21. The van der Waals surface area contributed by atoms with Crippen LogP contribution in [0.3, 0.4) is 0 Å². The molecule has 144 valence electrons. The lowest BCUT2D eigenvalue weighted by Gasteiger charge is -2.22. The van der Waals surface area contributed by atoms with Crippen LogP contribution in [0.25, 0.3) is 10.9 Å². The van der Waals surface area contributed by atoms with Crippen molar-refractivity contribution in [3.63, 3.8) is 0 Å². The zero-order valence-corrected chi connectivity index (χ0v) is 17.7. The van der Waals surface area contributed by atoms with Crippen LogP contribution in [0.2, 0.25) is 0 Å². The van der Waals surface area contributed by atoms with Crippen LogP contribution in [0, 0.1) is 8.98 Å². The van der Waals surface area contributed by atoms with E-state index in [1.165, 1.54) is 6.20 Å². The molecular formula is C19H21IN2O5. The Kier molecular flexibility index (Phi) is 6.08. The van der Waals surface area contributed by atoms with Gasteiger partial charge in [-0.15, -0.1) is 0 Å². The first kappa shape index (κ1) is 21.1. The summed E-state index contributed by atoms with van der Waals surface area (Å²) in [6, 6.07) is 4.75. The zero-order chi connectivity index (χ0) is 20.5. The first-order chi connectivity index (χ1) is 12.4. The molecule has 2 aromatic rings. The minimum Gasteiger partial charge on any atom is -0.477 e. The molecule has 0 radical (unpaired) electrons. The van der Waals surface area contributed by atoms with Crippen molar-refractivity contribution in [2.75, 3.05) is 0 Å². The molecule has 2 rings (SSSR count). The van der Waals surface area contributed by atoms with E-state index in [1.807, 2.05) is 6.07 Å². The molecule has 0 aliphatic rings. The largest absolute Gasteiger partial charge is 0.477 e. The number of ether oxygens (including phenoxy) is 1. The minimum absolute atomic E-state index is 0.0396. The number of pyridine rings is 1. The Labute approximate surface area is 170 Å². The fraction of sp³-hybridized carbons (Fsp3) is 0.368. The van der Waals surface area contributed by atoms with Crippen LogP contribution in [-0.2, 0) is 9.53 Å². The second kappa shape index (κ2) is 7.79. The summed E-state index contributed by atoms with van der Waals surface area (Å²) in [5.41, 5.74) is -1.27. The van der Waals surface area contributed by atoms with E-state index in [2.05, 4.69) is 22.6 Å². The van der Waals surface area contributed by atoms with Crippen molar-refractivity contribution >= 4 is 51.1 Å². The van der Waals surface area contributed by atoms with Gasteiger partial charge in [0, 0.05) is 27.6 Å². The molecule has 27 heavy (non-hydrogen) atoms. The molecule has 1 heterocycles. The van der Waals surface area contributed by atoms with Gasteiger partial charge in [0.1, 0.15) is 16.9 Å². The Balaban J connectivity index is 2.46. The quantitative estimate of drug-likeness (QED) is 0.383. The maximum atomic E-state index is 12.5. The van der Waals surface area contributed by atoms with Gasteiger partial charge in [0.15, 0.2) is 0 Å². The smallest absolute Gasteiger partial charge is 0.352 e. The summed E-state index contributed by atoms with van der Waals surface area (Å²) in [5, 5.41) is 17.7. The van der Waals surface area contributed by atoms with Gasteiger partial charge in [-0.05, 0) is 68.5 Å². The normalized spacial score (nSPS) is 12.6. The monoisotopic (exact) mass is 484 g/mol. The number of aromatic nitrogens is 1. The summed E-state index contributed by atoms with van der Waals surface area (Å²) >= 11 is 2.05. The van der Waals surface area contributed by atoms with E-state index in [-0.39, 0.29) is 23.1 Å². The second-order valence-electron chi connectivity index (χ2n) is 7.28. The van der Waals surface area contributed by atoms with E-state index < -0.39 is 29.0 Å². The molecule has 0 spiro atoms. The van der Waals surface area contributed by atoms with Crippen LogP contribution >= 0.6 is 22.6 Å². The van der Waals surface area contributed by atoms with Crippen LogP contribution in [0.15, 0.2) is 29.2 Å². The maximum absolute atomic E-state index is 12.5. The van der Waals surface area contributed by atoms with Crippen molar-refractivity contribution in [2.24, 2.45) is 0 Å². The highest BCUT2D eigenvalue weighted by molar-refractivity contribution is 14.1. The molecule has 8 heteroatoms. The van der Waals surface area contributed by atoms with E-state index in [4.69, 9.17) is 10.1 Å². The summed E-state index contributed by atoms with van der Waals surface area (Å²) in [7, 11) is 0. The van der Waals surface area contributed by atoms with E-state index in [0.29, 0.717) is 5.52 Å². The Morgan fingerprint density at radius 2 is 1.96 bits per heavy atom. The number of hydrogen-bond acceptors (Lipinski definition) is 5. The summed E-state index contributed by atoms with van der Waals surface area (Å²) in [6.45, 7) is 6.92. The van der Waals surface area contributed by atoms with Gasteiger partial charge in [-0.2, -0.15) is 0 Å². The van der Waals surface area contributed by atoms with Crippen LogP contribution in [0.5, 0.6) is 0 Å². The first-order valence-corrected chi connectivity index (χ1v) is 9.37. The number of hydrogen-bond donors (Lipinski definition) is 2. The Bertz CT molecular complexity index is 988. The van der Waals surface area contributed by atoms with Gasteiger partial charge >= 0.3 is 11.9 Å². The number of esters is 1. The van der Waals surface area contributed by atoms with Crippen LogP contribution in [0.4, 0.5) is 0 Å². The Morgan fingerprint density at radius 3 is 2.52 bits per heavy atom. The number of carbonyl (C=O) groups is 2. The molecule has 0 aliphatic heterocycles. The number of carbonyl (C=O) groups excluding carboxylic acids is 1. The van der Waals surface area contributed by atoms with Crippen molar-refractivity contribution in [1.82, 2.24) is 4.57 Å². The number of nitrogens with one attached hydrogen (secondary N) is 1. The standard InChI is InChI=1S/C19H21IN2O5/c1-10(7-14(21)18(26)27-19(2,3)4)22-9-13(17(24)25)16(23)12-8-11(20)5-6-15(12)22/h5-6,8-10,21H,7H2,1-4H3,(H,24,25). The topological polar surface area (TPSA) is 109 Å². The van der Waals surface area contributed by atoms with Crippen LogP contribution < -0.4 is 5.43 Å². The number of carboxylic acid groups (broad SMARTS) is 1. The van der Waals surface area contributed by atoms with Gasteiger partial charge < -0.3 is 14.4 Å². The molecule has 7 nitrogen and oxygen atoms in total. The lowest BCUT2D eigenvalue weighted by atomic mass is 10.1. The highest BCUT2D eigenvalue weighted by Gasteiger charge is 2.23. The summed E-state index contributed by atoms with van der Waals surface area (Å²) < 4.78 is 7.63. The third-order valence-electron chi connectivity index (χ3n) is 3.84. The van der Waals surface area contributed by atoms with E-state index in [0.717, 1.165) is 3.57 Å². The molecule has 0 saturated heterocycles. The van der Waals surface area contributed by atoms with Gasteiger partial charge in [-0.1, -0.05) is 0 Å². The predicted molar refractivity (Wildman–Crippen MR) is 111 cm³/mol. The lowest BCUT2D eigenvalue weighted by molar-refractivity contribution is -0.146. The molecule has 2 N–H and O–H groups in total. The molecule has 0 bridgehead atoms. The number of carboxylic acids is 1. The molecule has 1 aromatic heterocycles. The van der Waals surface area contributed by atoms with E-state index in [1.54, 1.807) is 44.4 Å². The Hall–Kier alpha value is -2.23. The van der Waals surface area contributed by atoms with Crippen molar-refractivity contribution in [3.05, 3.63) is 43.8 Å². The number of halogens is 1. The molecule has 1 unspecified atom stereocenters. The summed E-state index contributed by atoms with van der Waals surface area (Å²) in [5.74, 6) is -2.03. The average molecular weight is 484 g/mol. The fourth-order valence-electron chi connectivity index (χ4n) is 2.66. The van der Waals surface area contributed by atoms with Gasteiger partial charge in [0.25, 0.3) is 0 Å². The summed E-state index contributed by atoms with van der Waals surface area (Å²) in [6.07, 6.45) is 1.31. The summed E-state index contributed by atoms with van der Waals surface area (Å²) in [4.78, 5) is 36.0. The number of rotatable bonds is 5.